The van der Waals surface area contributed by atoms with Gasteiger partial charge in [0.1, 0.15) is 11.0 Å². The molecule has 4 N–H and O–H groups in total. The first-order valence-electron chi connectivity index (χ1n) is 8.28. The molecule has 0 spiro atoms. The number of thiophene rings is 1. The standard InChI is InChI=1S/C17H17Cl2N3O6S2/c1-8(22-30(26,27)10-3-4-12(18)13(19)7-10)17(25)28-9(2)15(24)21-16-11(14(20)23)5-6-29-16/h3-9,22H,1-2H3,(H2,20,23)(H,21,24)/t8-,9+/m0/s1. The summed E-state index contributed by atoms with van der Waals surface area (Å²) in [5.41, 5.74) is 5.33. The molecule has 1 heterocycles. The summed E-state index contributed by atoms with van der Waals surface area (Å²) in [4.78, 5) is 35.5. The normalized spacial score (nSPS) is 13.3. The highest BCUT2D eigenvalue weighted by atomic mass is 35.5. The maximum atomic E-state index is 12.4. The zero-order chi connectivity index (χ0) is 22.6. The molecule has 2 aromatic rings. The van der Waals surface area contributed by atoms with Crippen molar-refractivity contribution in [3.63, 3.8) is 0 Å². The molecule has 0 aliphatic carbocycles. The second kappa shape index (κ2) is 9.75. The van der Waals surface area contributed by atoms with Gasteiger partial charge in [-0.15, -0.1) is 11.3 Å². The predicted molar refractivity (Wildman–Crippen MR) is 113 cm³/mol. The second-order valence-corrected chi connectivity index (χ2v) is 9.46. The van der Waals surface area contributed by atoms with E-state index in [-0.39, 0.29) is 25.5 Å². The van der Waals surface area contributed by atoms with Gasteiger partial charge in [-0.2, -0.15) is 4.72 Å². The van der Waals surface area contributed by atoms with Gasteiger partial charge in [0.15, 0.2) is 6.10 Å². The Morgan fingerprint density at radius 3 is 2.40 bits per heavy atom. The van der Waals surface area contributed by atoms with E-state index in [1.807, 2.05) is 0 Å². The van der Waals surface area contributed by atoms with Gasteiger partial charge in [0.05, 0.1) is 20.5 Å². The van der Waals surface area contributed by atoms with Crippen molar-refractivity contribution in [2.24, 2.45) is 5.73 Å². The average Bonchev–Trinajstić information content (AvgIpc) is 3.11. The lowest BCUT2D eigenvalue weighted by Crippen LogP contribution is -2.42. The van der Waals surface area contributed by atoms with Gasteiger partial charge >= 0.3 is 5.97 Å². The third-order valence-corrected chi connectivity index (χ3v) is 6.82. The van der Waals surface area contributed by atoms with Crippen LogP contribution in [0.25, 0.3) is 0 Å². The van der Waals surface area contributed by atoms with E-state index < -0.39 is 40.0 Å². The van der Waals surface area contributed by atoms with Gasteiger partial charge in [-0.1, -0.05) is 23.2 Å². The minimum atomic E-state index is -4.10. The lowest BCUT2D eigenvalue weighted by molar-refractivity contribution is -0.154. The predicted octanol–water partition coefficient (Wildman–Crippen LogP) is 2.39. The van der Waals surface area contributed by atoms with E-state index in [0.29, 0.717) is 0 Å². The van der Waals surface area contributed by atoms with Crippen LogP contribution in [-0.2, 0) is 24.3 Å². The number of nitrogens with one attached hydrogen (secondary N) is 2. The molecule has 0 aliphatic rings. The van der Waals surface area contributed by atoms with Crippen molar-refractivity contribution >= 4 is 67.3 Å². The van der Waals surface area contributed by atoms with E-state index in [2.05, 4.69) is 10.0 Å². The molecule has 0 saturated heterocycles. The molecular weight excluding hydrogens is 477 g/mol. The SMILES string of the molecule is C[C@H](NS(=O)(=O)c1ccc(Cl)c(Cl)c1)C(=O)O[C@H](C)C(=O)Nc1sccc1C(N)=O. The third kappa shape index (κ3) is 5.92. The number of anilines is 1. The Morgan fingerprint density at radius 1 is 1.13 bits per heavy atom. The highest BCUT2D eigenvalue weighted by Crippen LogP contribution is 2.25. The molecule has 2 amide bonds. The van der Waals surface area contributed by atoms with Crippen molar-refractivity contribution in [2.45, 2.75) is 30.9 Å². The van der Waals surface area contributed by atoms with E-state index >= 15 is 0 Å². The summed E-state index contributed by atoms with van der Waals surface area (Å²) < 4.78 is 32.0. The monoisotopic (exact) mass is 493 g/mol. The average molecular weight is 494 g/mol. The Hall–Kier alpha value is -2.18. The maximum absolute atomic E-state index is 12.4. The topological polar surface area (TPSA) is 145 Å². The Morgan fingerprint density at radius 2 is 1.80 bits per heavy atom. The van der Waals surface area contributed by atoms with Gasteiger partial charge < -0.3 is 15.8 Å². The number of amides is 2. The van der Waals surface area contributed by atoms with E-state index in [0.717, 1.165) is 17.4 Å². The molecule has 0 radical (unpaired) electrons. The first kappa shape index (κ1) is 24.1. The largest absolute Gasteiger partial charge is 0.451 e. The van der Waals surface area contributed by atoms with E-state index in [1.54, 1.807) is 5.38 Å². The molecule has 2 atom stereocenters. The second-order valence-electron chi connectivity index (χ2n) is 6.01. The molecule has 30 heavy (non-hydrogen) atoms. The summed E-state index contributed by atoms with van der Waals surface area (Å²) in [5.74, 6) is -2.42. The van der Waals surface area contributed by atoms with Crippen LogP contribution in [-0.4, -0.2) is 38.3 Å². The molecule has 2 rings (SSSR count). The number of rotatable bonds is 8. The molecule has 13 heteroatoms. The first-order chi connectivity index (χ1) is 13.9. The molecule has 0 saturated carbocycles. The number of ether oxygens (including phenoxy) is 1. The van der Waals surface area contributed by atoms with Crippen LogP contribution in [0.3, 0.4) is 0 Å². The van der Waals surface area contributed by atoms with Crippen molar-refractivity contribution in [3.8, 4) is 0 Å². The fraction of sp³-hybridized carbons (Fsp3) is 0.235. The Kier molecular flexibility index (Phi) is 7.83. The van der Waals surface area contributed by atoms with Crippen LogP contribution >= 0.6 is 34.5 Å². The number of carbonyl (C=O) groups excluding carboxylic acids is 3. The minimum Gasteiger partial charge on any atom is -0.451 e. The van der Waals surface area contributed by atoms with Gasteiger partial charge in [0, 0.05) is 0 Å². The molecular formula is C17H17Cl2N3O6S2. The number of nitrogens with two attached hydrogens (primary N) is 1. The lowest BCUT2D eigenvalue weighted by atomic mass is 10.3. The number of sulfonamides is 1. The van der Waals surface area contributed by atoms with Crippen molar-refractivity contribution in [1.29, 1.82) is 0 Å². The highest BCUT2D eigenvalue weighted by Gasteiger charge is 2.27. The number of esters is 1. The molecule has 0 unspecified atom stereocenters. The summed E-state index contributed by atoms with van der Waals surface area (Å²) >= 11 is 12.7. The van der Waals surface area contributed by atoms with Crippen LogP contribution in [0.15, 0.2) is 34.5 Å². The quantitative estimate of drug-likeness (QED) is 0.481. The van der Waals surface area contributed by atoms with Crippen LogP contribution in [0.1, 0.15) is 24.2 Å². The smallest absolute Gasteiger partial charge is 0.324 e. The van der Waals surface area contributed by atoms with Crippen LogP contribution in [0.4, 0.5) is 5.00 Å². The summed E-state index contributed by atoms with van der Waals surface area (Å²) in [7, 11) is -4.10. The summed E-state index contributed by atoms with van der Waals surface area (Å²) in [6.45, 7) is 2.55. The molecule has 0 fully saturated rings. The van der Waals surface area contributed by atoms with Crippen molar-refractivity contribution < 1.29 is 27.5 Å². The van der Waals surface area contributed by atoms with Gasteiger partial charge in [-0.3, -0.25) is 14.4 Å². The van der Waals surface area contributed by atoms with E-state index in [9.17, 15) is 22.8 Å². The van der Waals surface area contributed by atoms with Gasteiger partial charge in [-0.05, 0) is 43.5 Å². The zero-order valence-electron chi connectivity index (χ0n) is 15.6. The van der Waals surface area contributed by atoms with E-state index in [1.165, 1.54) is 32.0 Å². The Bertz CT molecular complexity index is 1090. The molecule has 162 valence electrons. The van der Waals surface area contributed by atoms with Crippen LogP contribution in [0.2, 0.25) is 10.0 Å². The molecule has 0 aliphatic heterocycles. The molecule has 1 aromatic carbocycles. The molecule has 0 bridgehead atoms. The Labute approximate surface area is 186 Å². The maximum Gasteiger partial charge on any atom is 0.324 e. The third-order valence-electron chi connectivity index (χ3n) is 3.72. The van der Waals surface area contributed by atoms with Crippen LogP contribution < -0.4 is 15.8 Å². The summed E-state index contributed by atoms with van der Waals surface area (Å²) in [5, 5.41) is 4.42. The van der Waals surface area contributed by atoms with Gasteiger partial charge in [0.25, 0.3) is 11.8 Å². The number of hydrogen-bond donors (Lipinski definition) is 3. The number of carbonyl (C=O) groups is 3. The summed E-state index contributed by atoms with van der Waals surface area (Å²) in [6.07, 6.45) is -1.27. The van der Waals surface area contributed by atoms with E-state index in [4.69, 9.17) is 33.7 Å². The first-order valence-corrected chi connectivity index (χ1v) is 11.4. The van der Waals surface area contributed by atoms with Crippen molar-refractivity contribution in [1.82, 2.24) is 4.72 Å². The van der Waals surface area contributed by atoms with Gasteiger partial charge in [-0.25, -0.2) is 8.42 Å². The zero-order valence-corrected chi connectivity index (χ0v) is 18.8. The van der Waals surface area contributed by atoms with Crippen molar-refractivity contribution in [3.05, 3.63) is 45.3 Å². The van der Waals surface area contributed by atoms with Gasteiger partial charge in [0.2, 0.25) is 10.0 Å². The number of hydrogen-bond acceptors (Lipinski definition) is 7. The molecule has 1 aromatic heterocycles. The summed E-state index contributed by atoms with van der Waals surface area (Å²) in [6, 6.07) is 3.81. The molecule has 9 nitrogen and oxygen atoms in total. The number of benzene rings is 1. The van der Waals surface area contributed by atoms with Crippen LogP contribution in [0.5, 0.6) is 0 Å². The minimum absolute atomic E-state index is 0.0315. The number of primary amides is 1. The Balaban J connectivity index is 2.00. The highest BCUT2D eigenvalue weighted by molar-refractivity contribution is 7.89. The van der Waals surface area contributed by atoms with Crippen LogP contribution in [0, 0.1) is 0 Å². The number of halogens is 2. The lowest BCUT2D eigenvalue weighted by Gasteiger charge is -2.17. The fourth-order valence-electron chi connectivity index (χ4n) is 2.14. The van der Waals surface area contributed by atoms with Crippen molar-refractivity contribution in [2.75, 3.05) is 5.32 Å². The fourth-order valence-corrected chi connectivity index (χ4v) is 4.51.